The smallest absolute Gasteiger partial charge is 0.271 e. The van der Waals surface area contributed by atoms with E-state index in [-0.39, 0.29) is 18.1 Å². The van der Waals surface area contributed by atoms with Gasteiger partial charge in [-0.05, 0) is 19.1 Å². The van der Waals surface area contributed by atoms with Crippen LogP contribution in [-0.4, -0.2) is 34.9 Å². The Kier molecular flexibility index (Phi) is 4.70. The van der Waals surface area contributed by atoms with Crippen LogP contribution < -0.4 is 0 Å². The van der Waals surface area contributed by atoms with Gasteiger partial charge in [0.1, 0.15) is 5.69 Å². The van der Waals surface area contributed by atoms with Gasteiger partial charge in [0.05, 0.1) is 13.1 Å². The third-order valence-corrected chi connectivity index (χ3v) is 2.33. The third-order valence-electron chi connectivity index (χ3n) is 2.33. The average Bonchev–Trinajstić information content (AvgIpc) is 2.72. The minimum Gasteiger partial charge on any atom is -0.338 e. The SMILES string of the molecule is C#CCN(CC)C(=O)c1cccn1CC(F)F. The molecule has 0 fully saturated rings. The van der Waals surface area contributed by atoms with E-state index < -0.39 is 13.0 Å². The Morgan fingerprint density at radius 1 is 1.65 bits per heavy atom. The maximum atomic E-state index is 12.3. The number of hydrogen-bond donors (Lipinski definition) is 0. The molecule has 1 rings (SSSR count). The number of rotatable bonds is 5. The van der Waals surface area contributed by atoms with E-state index in [0.29, 0.717) is 6.54 Å². The van der Waals surface area contributed by atoms with Crippen molar-refractivity contribution in [2.75, 3.05) is 13.1 Å². The molecule has 0 spiro atoms. The Bertz CT molecular complexity index is 420. The molecule has 0 bridgehead atoms. The lowest BCUT2D eigenvalue weighted by atomic mass is 10.3. The lowest BCUT2D eigenvalue weighted by molar-refractivity contribution is 0.0764. The highest BCUT2D eigenvalue weighted by Crippen LogP contribution is 2.09. The molecule has 0 aliphatic heterocycles. The molecule has 0 saturated carbocycles. The fourth-order valence-electron chi connectivity index (χ4n) is 1.52. The van der Waals surface area contributed by atoms with Crippen molar-refractivity contribution in [2.45, 2.75) is 19.9 Å². The van der Waals surface area contributed by atoms with Crippen molar-refractivity contribution in [3.8, 4) is 12.3 Å². The number of hydrogen-bond acceptors (Lipinski definition) is 1. The van der Waals surface area contributed by atoms with Crippen LogP contribution in [0.5, 0.6) is 0 Å². The van der Waals surface area contributed by atoms with E-state index in [1.807, 2.05) is 0 Å². The molecule has 0 N–H and O–H groups in total. The van der Waals surface area contributed by atoms with Crippen molar-refractivity contribution in [3.63, 3.8) is 0 Å². The highest BCUT2D eigenvalue weighted by molar-refractivity contribution is 5.92. The molecule has 17 heavy (non-hydrogen) atoms. The van der Waals surface area contributed by atoms with Gasteiger partial charge in [-0.3, -0.25) is 4.79 Å². The summed E-state index contributed by atoms with van der Waals surface area (Å²) < 4.78 is 25.8. The van der Waals surface area contributed by atoms with Gasteiger partial charge in [0, 0.05) is 12.7 Å². The Labute approximate surface area is 99.0 Å². The second-order valence-electron chi connectivity index (χ2n) is 3.46. The van der Waals surface area contributed by atoms with Crippen LogP contribution in [0.3, 0.4) is 0 Å². The first-order chi connectivity index (χ1) is 8.10. The molecule has 1 heterocycles. The molecule has 1 aromatic rings. The molecule has 0 aromatic carbocycles. The Balaban J connectivity index is 2.88. The highest BCUT2D eigenvalue weighted by atomic mass is 19.3. The summed E-state index contributed by atoms with van der Waals surface area (Å²) in [6, 6.07) is 3.09. The number of halogens is 2. The number of nitrogens with zero attached hydrogens (tertiary/aromatic N) is 2. The Morgan fingerprint density at radius 3 is 2.88 bits per heavy atom. The summed E-state index contributed by atoms with van der Waals surface area (Å²) in [6.45, 7) is 1.93. The second-order valence-corrected chi connectivity index (χ2v) is 3.46. The molecule has 0 aliphatic carbocycles. The van der Waals surface area contributed by atoms with Gasteiger partial charge in [-0.1, -0.05) is 5.92 Å². The van der Waals surface area contributed by atoms with Crippen LogP contribution in [0.2, 0.25) is 0 Å². The zero-order valence-corrected chi connectivity index (χ0v) is 9.57. The van der Waals surface area contributed by atoms with Crippen molar-refractivity contribution in [1.29, 1.82) is 0 Å². The van der Waals surface area contributed by atoms with E-state index in [2.05, 4.69) is 5.92 Å². The number of alkyl halides is 2. The monoisotopic (exact) mass is 240 g/mol. The van der Waals surface area contributed by atoms with Gasteiger partial charge < -0.3 is 9.47 Å². The predicted molar refractivity (Wildman–Crippen MR) is 60.8 cm³/mol. The molecule has 92 valence electrons. The van der Waals surface area contributed by atoms with Gasteiger partial charge in [-0.25, -0.2) is 8.78 Å². The van der Waals surface area contributed by atoms with Gasteiger partial charge >= 0.3 is 0 Å². The van der Waals surface area contributed by atoms with E-state index in [0.717, 1.165) is 0 Å². The molecule has 1 amide bonds. The quantitative estimate of drug-likeness (QED) is 0.721. The zero-order valence-electron chi connectivity index (χ0n) is 9.57. The molecule has 1 aromatic heterocycles. The van der Waals surface area contributed by atoms with Crippen LogP contribution >= 0.6 is 0 Å². The predicted octanol–water partition coefficient (Wildman–Crippen LogP) is 1.85. The molecule has 0 aliphatic rings. The number of aromatic nitrogens is 1. The summed E-state index contributed by atoms with van der Waals surface area (Å²) in [5.74, 6) is 2.05. The average molecular weight is 240 g/mol. The van der Waals surface area contributed by atoms with E-state index in [1.54, 1.807) is 13.0 Å². The van der Waals surface area contributed by atoms with Crippen LogP contribution in [0.15, 0.2) is 18.3 Å². The van der Waals surface area contributed by atoms with Crippen molar-refractivity contribution < 1.29 is 13.6 Å². The fourth-order valence-corrected chi connectivity index (χ4v) is 1.52. The van der Waals surface area contributed by atoms with Gasteiger partial charge in [0.2, 0.25) is 0 Å². The third kappa shape index (κ3) is 3.31. The second kappa shape index (κ2) is 6.04. The highest BCUT2D eigenvalue weighted by Gasteiger charge is 2.18. The first kappa shape index (κ1) is 13.2. The molecule has 0 atom stereocenters. The van der Waals surface area contributed by atoms with E-state index in [4.69, 9.17) is 6.42 Å². The number of carbonyl (C=O) groups excluding carboxylic acids is 1. The maximum absolute atomic E-state index is 12.3. The first-order valence-corrected chi connectivity index (χ1v) is 5.26. The van der Waals surface area contributed by atoms with Crippen LogP contribution in [-0.2, 0) is 6.54 Å². The number of carbonyl (C=O) groups is 1. The normalized spacial score (nSPS) is 10.3. The Hall–Kier alpha value is -1.83. The maximum Gasteiger partial charge on any atom is 0.271 e. The number of terminal acetylenes is 1. The summed E-state index contributed by atoms with van der Waals surface area (Å²) in [5.41, 5.74) is 0.238. The lowest BCUT2D eigenvalue weighted by Gasteiger charge is -2.19. The molecule has 5 heteroatoms. The largest absolute Gasteiger partial charge is 0.338 e. The molecule has 0 radical (unpaired) electrons. The van der Waals surface area contributed by atoms with Crippen LogP contribution in [0.1, 0.15) is 17.4 Å². The number of amides is 1. The van der Waals surface area contributed by atoms with Crippen molar-refractivity contribution in [3.05, 3.63) is 24.0 Å². The van der Waals surface area contributed by atoms with E-state index >= 15 is 0 Å². The molecular weight excluding hydrogens is 226 g/mol. The minimum absolute atomic E-state index is 0.176. The van der Waals surface area contributed by atoms with Crippen molar-refractivity contribution in [1.82, 2.24) is 9.47 Å². The summed E-state index contributed by atoms with van der Waals surface area (Å²) in [7, 11) is 0. The fraction of sp³-hybridized carbons (Fsp3) is 0.417. The lowest BCUT2D eigenvalue weighted by Crippen LogP contribution is -2.33. The summed E-state index contributed by atoms with van der Waals surface area (Å²) in [5, 5.41) is 0. The molecule has 3 nitrogen and oxygen atoms in total. The standard InChI is InChI=1S/C12H14F2N2O/c1-3-7-15(4-2)12(17)10-6-5-8-16(10)9-11(13)14/h1,5-6,8,11H,4,7,9H2,2H3. The van der Waals surface area contributed by atoms with Crippen molar-refractivity contribution in [2.24, 2.45) is 0 Å². The molecular formula is C12H14F2N2O. The zero-order chi connectivity index (χ0) is 12.8. The van der Waals surface area contributed by atoms with Crippen LogP contribution in [0.25, 0.3) is 0 Å². The van der Waals surface area contributed by atoms with Gasteiger partial charge in [0.15, 0.2) is 0 Å². The molecule has 0 saturated heterocycles. The topological polar surface area (TPSA) is 25.2 Å². The van der Waals surface area contributed by atoms with Crippen LogP contribution in [0, 0.1) is 12.3 Å². The summed E-state index contributed by atoms with van der Waals surface area (Å²) >= 11 is 0. The van der Waals surface area contributed by atoms with E-state index in [9.17, 15) is 13.6 Å². The van der Waals surface area contributed by atoms with Gasteiger partial charge in [-0.15, -0.1) is 6.42 Å². The van der Waals surface area contributed by atoms with Gasteiger partial charge in [0.25, 0.3) is 12.3 Å². The molecule has 0 unspecified atom stereocenters. The first-order valence-electron chi connectivity index (χ1n) is 5.26. The van der Waals surface area contributed by atoms with E-state index in [1.165, 1.54) is 21.7 Å². The summed E-state index contributed by atoms with van der Waals surface area (Å²) in [6.07, 6.45) is 4.12. The summed E-state index contributed by atoms with van der Waals surface area (Å²) in [4.78, 5) is 13.4. The van der Waals surface area contributed by atoms with Gasteiger partial charge in [-0.2, -0.15) is 0 Å². The Morgan fingerprint density at radius 2 is 2.35 bits per heavy atom. The van der Waals surface area contributed by atoms with Crippen molar-refractivity contribution >= 4 is 5.91 Å². The minimum atomic E-state index is -2.49. The van der Waals surface area contributed by atoms with Crippen LogP contribution in [0.4, 0.5) is 8.78 Å².